The summed E-state index contributed by atoms with van der Waals surface area (Å²) in [5.74, 6) is 2.94. The summed E-state index contributed by atoms with van der Waals surface area (Å²) in [6.45, 7) is 4.95. The predicted molar refractivity (Wildman–Crippen MR) is 71.2 cm³/mol. The van der Waals surface area contributed by atoms with E-state index in [0.29, 0.717) is 10.8 Å². The van der Waals surface area contributed by atoms with Crippen LogP contribution < -0.4 is 0 Å². The van der Waals surface area contributed by atoms with Gasteiger partial charge >= 0.3 is 0 Å². The van der Waals surface area contributed by atoms with Crippen molar-refractivity contribution in [1.82, 2.24) is 0 Å². The largest absolute Gasteiger partial charge is 0.0843 e. The van der Waals surface area contributed by atoms with E-state index in [1.807, 2.05) is 0 Å². The van der Waals surface area contributed by atoms with Crippen molar-refractivity contribution in [2.45, 2.75) is 38.5 Å². The minimum Gasteiger partial charge on any atom is -0.0843 e. The Morgan fingerprint density at radius 1 is 1.12 bits per heavy atom. The average molecular weight is 247 g/mol. The van der Waals surface area contributed by atoms with Crippen molar-refractivity contribution in [3.63, 3.8) is 0 Å². The van der Waals surface area contributed by atoms with Crippen molar-refractivity contribution in [1.29, 1.82) is 0 Å². The molecule has 4 atom stereocenters. The zero-order chi connectivity index (χ0) is 11.8. The summed E-state index contributed by atoms with van der Waals surface area (Å²) in [5, 5.41) is 0.863. The SMILES string of the molecule is CC1(C)C2[C@H]3CCC[C@H]3[C@@]21c1ccc(Cl)cc1. The summed E-state index contributed by atoms with van der Waals surface area (Å²) < 4.78 is 0. The predicted octanol–water partition coefficient (Wildman–Crippen LogP) is 4.66. The highest BCUT2D eigenvalue weighted by Crippen LogP contribution is 2.87. The van der Waals surface area contributed by atoms with Crippen LogP contribution in [-0.4, -0.2) is 0 Å². The number of benzene rings is 1. The maximum absolute atomic E-state index is 6.02. The number of hydrogen-bond donors (Lipinski definition) is 0. The van der Waals surface area contributed by atoms with Crippen LogP contribution in [0.4, 0.5) is 0 Å². The standard InChI is InChI=1S/C16H19Cl/c1-15(2)14-12-4-3-5-13(12)16(14,15)10-6-8-11(17)9-7-10/h6-9,12-14H,3-5H2,1-2H3/t12-,13+,14?,16-/m0/s1. The van der Waals surface area contributed by atoms with Crippen LogP contribution in [0.15, 0.2) is 24.3 Å². The van der Waals surface area contributed by atoms with E-state index in [0.717, 1.165) is 22.8 Å². The van der Waals surface area contributed by atoms with Gasteiger partial charge < -0.3 is 0 Å². The van der Waals surface area contributed by atoms with E-state index in [1.165, 1.54) is 19.3 Å². The van der Waals surface area contributed by atoms with Crippen LogP contribution >= 0.6 is 11.6 Å². The van der Waals surface area contributed by atoms with Crippen molar-refractivity contribution in [3.05, 3.63) is 34.9 Å². The highest BCUT2D eigenvalue weighted by molar-refractivity contribution is 6.30. The fourth-order valence-electron chi connectivity index (χ4n) is 5.74. The van der Waals surface area contributed by atoms with Gasteiger partial charge in [-0.1, -0.05) is 44.0 Å². The monoisotopic (exact) mass is 246 g/mol. The molecule has 0 nitrogen and oxygen atoms in total. The van der Waals surface area contributed by atoms with Gasteiger partial charge in [-0.05, 0) is 53.7 Å². The molecule has 0 aliphatic heterocycles. The lowest BCUT2D eigenvalue weighted by atomic mass is 9.63. The highest BCUT2D eigenvalue weighted by atomic mass is 35.5. The molecule has 0 aromatic heterocycles. The Morgan fingerprint density at radius 3 is 2.53 bits per heavy atom. The maximum Gasteiger partial charge on any atom is 0.0406 e. The molecular weight excluding hydrogens is 228 g/mol. The van der Waals surface area contributed by atoms with Gasteiger partial charge in [0.25, 0.3) is 0 Å². The quantitative estimate of drug-likeness (QED) is 0.676. The van der Waals surface area contributed by atoms with Gasteiger partial charge in [-0.3, -0.25) is 0 Å². The number of halogens is 1. The summed E-state index contributed by atoms with van der Waals surface area (Å²) in [7, 11) is 0. The molecule has 4 rings (SSSR count). The fraction of sp³-hybridized carbons (Fsp3) is 0.625. The third kappa shape index (κ3) is 0.953. The van der Waals surface area contributed by atoms with Gasteiger partial charge in [0.15, 0.2) is 0 Å². The van der Waals surface area contributed by atoms with Crippen LogP contribution in [-0.2, 0) is 5.41 Å². The molecule has 3 aliphatic rings. The van der Waals surface area contributed by atoms with E-state index in [-0.39, 0.29) is 0 Å². The summed E-state index contributed by atoms with van der Waals surface area (Å²) in [6.07, 6.45) is 4.39. The molecule has 3 saturated carbocycles. The van der Waals surface area contributed by atoms with E-state index < -0.39 is 0 Å². The minimum absolute atomic E-state index is 0.513. The molecule has 1 aromatic rings. The molecule has 0 heterocycles. The molecule has 0 saturated heterocycles. The lowest BCUT2D eigenvalue weighted by Gasteiger charge is -2.41. The third-order valence-electron chi connectivity index (χ3n) is 6.16. The zero-order valence-corrected chi connectivity index (χ0v) is 11.3. The van der Waals surface area contributed by atoms with E-state index in [4.69, 9.17) is 11.6 Å². The van der Waals surface area contributed by atoms with Crippen molar-refractivity contribution in [2.24, 2.45) is 23.2 Å². The average Bonchev–Trinajstić information content (AvgIpc) is 2.56. The Bertz CT molecular complexity index is 465. The lowest BCUT2D eigenvalue weighted by molar-refractivity contribution is 0.155. The van der Waals surface area contributed by atoms with Gasteiger partial charge in [-0.25, -0.2) is 0 Å². The number of fused-ring (bicyclic) bond motifs is 4. The highest BCUT2D eigenvalue weighted by Gasteiger charge is 2.85. The molecule has 3 fully saturated rings. The van der Waals surface area contributed by atoms with Gasteiger partial charge in [0.05, 0.1) is 0 Å². The summed E-state index contributed by atoms with van der Waals surface area (Å²) in [5.41, 5.74) is 2.59. The number of hydrogen-bond acceptors (Lipinski definition) is 0. The Morgan fingerprint density at radius 2 is 1.82 bits per heavy atom. The zero-order valence-electron chi connectivity index (χ0n) is 10.5. The number of rotatable bonds is 1. The second kappa shape index (κ2) is 2.91. The molecule has 90 valence electrons. The molecule has 1 unspecified atom stereocenters. The Labute approximate surface area is 108 Å². The first kappa shape index (κ1) is 10.4. The van der Waals surface area contributed by atoms with E-state index in [1.54, 1.807) is 5.56 Å². The van der Waals surface area contributed by atoms with Crippen LogP contribution in [0.1, 0.15) is 38.7 Å². The lowest BCUT2D eigenvalue weighted by Crippen LogP contribution is -2.38. The second-order valence-electron chi connectivity index (χ2n) is 6.78. The van der Waals surface area contributed by atoms with Gasteiger partial charge in [-0.15, -0.1) is 0 Å². The van der Waals surface area contributed by atoms with Gasteiger partial charge in [0, 0.05) is 10.4 Å². The van der Waals surface area contributed by atoms with Crippen molar-refractivity contribution in [2.75, 3.05) is 0 Å². The molecule has 0 bridgehead atoms. The van der Waals surface area contributed by atoms with Gasteiger partial charge in [-0.2, -0.15) is 0 Å². The molecule has 17 heavy (non-hydrogen) atoms. The maximum atomic E-state index is 6.02. The molecule has 0 radical (unpaired) electrons. The third-order valence-corrected chi connectivity index (χ3v) is 6.41. The van der Waals surface area contributed by atoms with Crippen LogP contribution in [0.25, 0.3) is 0 Å². The van der Waals surface area contributed by atoms with Gasteiger partial charge in [0.1, 0.15) is 0 Å². The smallest absolute Gasteiger partial charge is 0.0406 e. The van der Waals surface area contributed by atoms with Crippen LogP contribution in [0.5, 0.6) is 0 Å². The van der Waals surface area contributed by atoms with Crippen molar-refractivity contribution >= 4 is 11.6 Å². The molecule has 3 aliphatic carbocycles. The second-order valence-corrected chi connectivity index (χ2v) is 7.21. The Balaban J connectivity index is 1.80. The van der Waals surface area contributed by atoms with Crippen molar-refractivity contribution in [3.8, 4) is 0 Å². The topological polar surface area (TPSA) is 0 Å². The first-order valence-corrected chi connectivity index (χ1v) is 7.24. The van der Waals surface area contributed by atoms with E-state index >= 15 is 0 Å². The summed E-state index contributed by atoms with van der Waals surface area (Å²) in [6, 6.07) is 8.69. The van der Waals surface area contributed by atoms with Crippen LogP contribution in [0.2, 0.25) is 5.02 Å². The Kier molecular flexibility index (Phi) is 1.78. The minimum atomic E-state index is 0.513. The van der Waals surface area contributed by atoms with Gasteiger partial charge in [0.2, 0.25) is 0 Å². The Hall–Kier alpha value is -0.490. The summed E-state index contributed by atoms with van der Waals surface area (Å²) in [4.78, 5) is 0. The first-order valence-electron chi connectivity index (χ1n) is 6.86. The molecular formula is C16H19Cl. The first-order chi connectivity index (χ1) is 8.10. The molecule has 1 heteroatoms. The molecule has 0 N–H and O–H groups in total. The van der Waals surface area contributed by atoms with E-state index in [2.05, 4.69) is 38.1 Å². The van der Waals surface area contributed by atoms with Crippen LogP contribution in [0.3, 0.4) is 0 Å². The molecule has 1 aromatic carbocycles. The van der Waals surface area contributed by atoms with E-state index in [9.17, 15) is 0 Å². The van der Waals surface area contributed by atoms with Crippen LogP contribution in [0, 0.1) is 23.2 Å². The normalized spacial score (nSPS) is 44.8. The molecule has 0 spiro atoms. The fourth-order valence-corrected chi connectivity index (χ4v) is 5.87. The summed E-state index contributed by atoms with van der Waals surface area (Å²) >= 11 is 6.02. The molecule has 0 amide bonds. The van der Waals surface area contributed by atoms with Crippen molar-refractivity contribution < 1.29 is 0 Å².